The fourth-order valence-electron chi connectivity index (χ4n) is 6.39. The number of carbonyl (C=O) groups excluding carboxylic acids is 2. The van der Waals surface area contributed by atoms with Crippen LogP contribution >= 0.6 is 12.4 Å². The van der Waals surface area contributed by atoms with Crippen molar-refractivity contribution in [1.82, 2.24) is 26.2 Å². The summed E-state index contributed by atoms with van der Waals surface area (Å²) in [5, 5.41) is 12.5. The van der Waals surface area contributed by atoms with E-state index in [1.807, 2.05) is 0 Å². The molecule has 3 amide bonds. The zero-order valence-electron chi connectivity index (χ0n) is 17.5. The highest BCUT2D eigenvalue weighted by molar-refractivity contribution is 5.85. The summed E-state index contributed by atoms with van der Waals surface area (Å²) in [7, 11) is 0. The van der Waals surface area contributed by atoms with E-state index < -0.39 is 0 Å². The van der Waals surface area contributed by atoms with E-state index in [4.69, 9.17) is 0 Å². The van der Waals surface area contributed by atoms with Gasteiger partial charge < -0.3 is 26.2 Å². The minimum atomic E-state index is -0.0894. The quantitative estimate of drug-likeness (QED) is 0.442. The second kappa shape index (κ2) is 10.3. The summed E-state index contributed by atoms with van der Waals surface area (Å²) in [6, 6.07) is -0.0894. The molecule has 1 aliphatic heterocycles. The van der Waals surface area contributed by atoms with Crippen LogP contribution < -0.4 is 21.3 Å². The van der Waals surface area contributed by atoms with E-state index in [9.17, 15) is 9.59 Å². The van der Waals surface area contributed by atoms with Crippen molar-refractivity contribution in [3.8, 4) is 0 Å². The monoisotopic (exact) mass is 427 g/mol. The van der Waals surface area contributed by atoms with Crippen LogP contribution in [0.4, 0.5) is 4.79 Å². The third kappa shape index (κ3) is 6.22. The summed E-state index contributed by atoms with van der Waals surface area (Å²) >= 11 is 0. The molecular formula is C21H38ClN5O2. The van der Waals surface area contributed by atoms with Gasteiger partial charge in [-0.3, -0.25) is 4.79 Å². The number of urea groups is 1. The van der Waals surface area contributed by atoms with Gasteiger partial charge in [0, 0.05) is 51.2 Å². The average molecular weight is 428 g/mol. The van der Waals surface area contributed by atoms with Crippen molar-refractivity contribution in [3.63, 3.8) is 0 Å². The number of piperazine rings is 1. The predicted molar refractivity (Wildman–Crippen MR) is 116 cm³/mol. The molecule has 5 fully saturated rings. The van der Waals surface area contributed by atoms with Crippen molar-refractivity contribution in [2.45, 2.75) is 56.9 Å². The molecule has 0 spiro atoms. The third-order valence-corrected chi connectivity index (χ3v) is 7.24. The lowest BCUT2D eigenvalue weighted by Gasteiger charge is -2.56. The van der Waals surface area contributed by atoms with Crippen LogP contribution in [0.5, 0.6) is 0 Å². The number of rotatable bonds is 8. The normalized spacial score (nSPS) is 33.0. The standard InChI is InChI=1S/C21H37N5O2.ClH/c27-19(23-3-1-7-26-8-5-22-6-9-26)2-4-24-20(28)25-21-13-16-10-17(14-21)12-18(11-16)15-21;/h16-18,22H,1-15H2,(H,23,27)(H2,24,25,28);1H. The predicted octanol–water partition coefficient (Wildman–Crippen LogP) is 1.48. The largest absolute Gasteiger partial charge is 0.356 e. The summed E-state index contributed by atoms with van der Waals surface area (Å²) in [6.07, 6.45) is 8.90. The molecule has 166 valence electrons. The molecule has 7 nitrogen and oxygen atoms in total. The Labute approximate surface area is 180 Å². The SMILES string of the molecule is Cl.O=C(CCNC(=O)NC12CC3CC(CC(C3)C1)C2)NCCCN1CCNCC1. The maximum Gasteiger partial charge on any atom is 0.315 e. The maximum absolute atomic E-state index is 12.4. The Bertz CT molecular complexity index is 532. The molecule has 0 aromatic rings. The first kappa shape index (κ1) is 22.6. The maximum atomic E-state index is 12.4. The van der Waals surface area contributed by atoms with E-state index in [0.717, 1.165) is 76.2 Å². The number of halogens is 1. The Balaban J connectivity index is 0.00000240. The lowest BCUT2D eigenvalue weighted by molar-refractivity contribution is -0.120. The van der Waals surface area contributed by atoms with Crippen molar-refractivity contribution < 1.29 is 9.59 Å². The molecule has 4 saturated carbocycles. The van der Waals surface area contributed by atoms with Gasteiger partial charge in [0.05, 0.1) is 0 Å². The van der Waals surface area contributed by atoms with Crippen LogP contribution in [0.25, 0.3) is 0 Å². The lowest BCUT2D eigenvalue weighted by atomic mass is 9.53. The molecule has 0 atom stereocenters. The summed E-state index contributed by atoms with van der Waals surface area (Å²) in [5.74, 6) is 2.48. The molecule has 0 radical (unpaired) electrons. The molecule has 1 heterocycles. The molecule has 0 aromatic carbocycles. The zero-order chi connectivity index (χ0) is 19.4. The number of nitrogens with zero attached hydrogens (tertiary/aromatic N) is 1. The molecule has 5 aliphatic rings. The number of hydrogen-bond donors (Lipinski definition) is 4. The van der Waals surface area contributed by atoms with Crippen molar-refractivity contribution in [3.05, 3.63) is 0 Å². The fourth-order valence-corrected chi connectivity index (χ4v) is 6.39. The molecule has 29 heavy (non-hydrogen) atoms. The van der Waals surface area contributed by atoms with Crippen LogP contribution in [-0.2, 0) is 4.79 Å². The summed E-state index contributed by atoms with van der Waals surface area (Å²) in [6.45, 7) is 6.46. The van der Waals surface area contributed by atoms with Crippen LogP contribution in [0.15, 0.2) is 0 Å². The first-order chi connectivity index (χ1) is 13.6. The smallest absolute Gasteiger partial charge is 0.315 e. The van der Waals surface area contributed by atoms with Crippen molar-refractivity contribution in [1.29, 1.82) is 0 Å². The topological polar surface area (TPSA) is 85.5 Å². The highest BCUT2D eigenvalue weighted by Crippen LogP contribution is 2.55. The van der Waals surface area contributed by atoms with E-state index in [1.54, 1.807) is 0 Å². The first-order valence-corrected chi connectivity index (χ1v) is 11.4. The summed E-state index contributed by atoms with van der Waals surface area (Å²) < 4.78 is 0. The van der Waals surface area contributed by atoms with Crippen molar-refractivity contribution in [2.75, 3.05) is 45.8 Å². The Kier molecular flexibility index (Phi) is 8.05. The molecule has 8 heteroatoms. The van der Waals surface area contributed by atoms with Crippen molar-refractivity contribution in [2.24, 2.45) is 17.8 Å². The number of carbonyl (C=O) groups is 2. The Hall–Kier alpha value is -1.05. The van der Waals surface area contributed by atoms with E-state index in [2.05, 4.69) is 26.2 Å². The van der Waals surface area contributed by atoms with Crippen LogP contribution in [0.2, 0.25) is 0 Å². The van der Waals surface area contributed by atoms with Crippen LogP contribution in [0.3, 0.4) is 0 Å². The van der Waals surface area contributed by atoms with Crippen molar-refractivity contribution >= 4 is 24.3 Å². The van der Waals surface area contributed by atoms with Crippen LogP contribution in [0.1, 0.15) is 51.4 Å². The molecular weight excluding hydrogens is 390 g/mol. The minimum Gasteiger partial charge on any atom is -0.356 e. The second-order valence-corrected chi connectivity index (χ2v) is 9.62. The minimum absolute atomic E-state index is 0. The van der Waals surface area contributed by atoms with Gasteiger partial charge in [-0.2, -0.15) is 0 Å². The average Bonchev–Trinajstić information content (AvgIpc) is 2.64. The molecule has 1 saturated heterocycles. The second-order valence-electron chi connectivity index (χ2n) is 9.62. The van der Waals surface area contributed by atoms with E-state index >= 15 is 0 Å². The summed E-state index contributed by atoms with van der Waals surface area (Å²) in [4.78, 5) is 26.8. The van der Waals surface area contributed by atoms with Gasteiger partial charge in [0.25, 0.3) is 0 Å². The van der Waals surface area contributed by atoms with Gasteiger partial charge in [0.1, 0.15) is 0 Å². The van der Waals surface area contributed by atoms with Gasteiger partial charge in [0.15, 0.2) is 0 Å². The zero-order valence-corrected chi connectivity index (χ0v) is 18.3. The first-order valence-electron chi connectivity index (χ1n) is 11.4. The van der Waals surface area contributed by atoms with E-state index in [1.165, 1.54) is 19.3 Å². The Morgan fingerprint density at radius 1 is 0.931 bits per heavy atom. The molecule has 4 bridgehead atoms. The Morgan fingerprint density at radius 2 is 1.55 bits per heavy atom. The van der Waals surface area contributed by atoms with Gasteiger partial charge in [-0.05, 0) is 69.2 Å². The number of amides is 3. The van der Waals surface area contributed by atoms with E-state index in [0.29, 0.717) is 19.5 Å². The van der Waals surface area contributed by atoms with Crippen LogP contribution in [-0.4, -0.2) is 68.2 Å². The van der Waals surface area contributed by atoms with E-state index in [-0.39, 0.29) is 29.9 Å². The van der Waals surface area contributed by atoms with Crippen LogP contribution in [0, 0.1) is 17.8 Å². The molecule has 4 N–H and O–H groups in total. The fraction of sp³-hybridized carbons (Fsp3) is 0.905. The van der Waals surface area contributed by atoms with Gasteiger partial charge >= 0.3 is 6.03 Å². The lowest BCUT2D eigenvalue weighted by Crippen LogP contribution is -2.61. The highest BCUT2D eigenvalue weighted by atomic mass is 35.5. The van der Waals surface area contributed by atoms with Gasteiger partial charge in [0.2, 0.25) is 5.91 Å². The Morgan fingerprint density at radius 3 is 2.17 bits per heavy atom. The molecule has 0 unspecified atom stereocenters. The van der Waals surface area contributed by atoms with Gasteiger partial charge in [-0.1, -0.05) is 0 Å². The molecule has 5 rings (SSSR count). The number of nitrogens with one attached hydrogen (secondary N) is 4. The molecule has 4 aliphatic carbocycles. The number of hydrogen-bond acceptors (Lipinski definition) is 4. The van der Waals surface area contributed by atoms with Gasteiger partial charge in [-0.25, -0.2) is 4.79 Å². The summed E-state index contributed by atoms with van der Waals surface area (Å²) in [5.41, 5.74) is 0.0328. The van der Waals surface area contributed by atoms with Gasteiger partial charge in [-0.15, -0.1) is 12.4 Å². The third-order valence-electron chi connectivity index (χ3n) is 7.24. The molecule has 0 aromatic heterocycles. The highest BCUT2D eigenvalue weighted by Gasteiger charge is 2.51.